The molecule has 60 valence electrons. The van der Waals surface area contributed by atoms with Crippen molar-refractivity contribution >= 4 is 0 Å². The maximum Gasteiger partial charge on any atom is 0.0821 e. The summed E-state index contributed by atoms with van der Waals surface area (Å²) in [6.07, 6.45) is 0. The fraction of sp³-hybridized carbons (Fsp3) is 1.00. The van der Waals surface area contributed by atoms with Crippen LogP contribution in [0.25, 0.3) is 0 Å². The van der Waals surface area contributed by atoms with E-state index < -0.39 is 0 Å². The standard InChI is InChI=1S/C4H14N6/c1-8-2-9(6)4-10(3-8)7-5/h7H,2-6H2,1H3. The molecule has 0 saturated carbocycles. The van der Waals surface area contributed by atoms with Crippen LogP contribution < -0.4 is 17.2 Å². The van der Waals surface area contributed by atoms with E-state index in [2.05, 4.69) is 5.53 Å². The Morgan fingerprint density at radius 2 is 2.00 bits per heavy atom. The van der Waals surface area contributed by atoms with Gasteiger partial charge in [-0.25, -0.2) is 10.0 Å². The highest BCUT2D eigenvalue weighted by atomic mass is 15.7. The first-order chi connectivity index (χ1) is 4.72. The number of hydrogen-bond acceptors (Lipinski definition) is 6. The summed E-state index contributed by atoms with van der Waals surface area (Å²) < 4.78 is 0. The third kappa shape index (κ3) is 1.87. The molecule has 0 aromatic heterocycles. The molecule has 1 fully saturated rings. The van der Waals surface area contributed by atoms with Gasteiger partial charge in [0.15, 0.2) is 0 Å². The van der Waals surface area contributed by atoms with Crippen molar-refractivity contribution in [2.75, 3.05) is 27.1 Å². The predicted octanol–water partition coefficient (Wildman–Crippen LogP) is -2.34. The van der Waals surface area contributed by atoms with Gasteiger partial charge in [0.2, 0.25) is 0 Å². The lowest BCUT2D eigenvalue weighted by Crippen LogP contribution is -2.61. The number of nitrogens with zero attached hydrogens (tertiary/aromatic N) is 3. The highest BCUT2D eigenvalue weighted by Crippen LogP contribution is 1.96. The summed E-state index contributed by atoms with van der Waals surface area (Å²) in [5.41, 5.74) is 2.53. The van der Waals surface area contributed by atoms with Crippen molar-refractivity contribution in [3.8, 4) is 0 Å². The monoisotopic (exact) mass is 146 g/mol. The average molecular weight is 146 g/mol. The van der Waals surface area contributed by atoms with E-state index in [1.807, 2.05) is 17.0 Å². The van der Waals surface area contributed by atoms with Gasteiger partial charge < -0.3 is 0 Å². The quantitative estimate of drug-likeness (QED) is 0.284. The third-order valence-corrected chi connectivity index (χ3v) is 1.37. The molecule has 5 N–H and O–H groups in total. The summed E-state index contributed by atoms with van der Waals surface area (Å²) in [6, 6.07) is 0. The van der Waals surface area contributed by atoms with Gasteiger partial charge in [-0.05, 0) is 7.05 Å². The van der Waals surface area contributed by atoms with E-state index in [4.69, 9.17) is 11.7 Å². The normalized spacial score (nSPS) is 25.5. The Labute approximate surface area is 60.2 Å². The van der Waals surface area contributed by atoms with Gasteiger partial charge in [-0.1, -0.05) is 0 Å². The third-order valence-electron chi connectivity index (χ3n) is 1.37. The average Bonchev–Trinajstić information content (AvgIpc) is 1.85. The molecule has 0 spiro atoms. The smallest absolute Gasteiger partial charge is 0.0821 e. The minimum absolute atomic E-state index is 0.654. The van der Waals surface area contributed by atoms with E-state index in [1.54, 1.807) is 5.01 Å². The van der Waals surface area contributed by atoms with Crippen molar-refractivity contribution < 1.29 is 0 Å². The highest BCUT2D eigenvalue weighted by molar-refractivity contribution is 4.56. The zero-order chi connectivity index (χ0) is 7.56. The van der Waals surface area contributed by atoms with Gasteiger partial charge in [-0.3, -0.25) is 16.6 Å². The van der Waals surface area contributed by atoms with Crippen LogP contribution in [0.1, 0.15) is 0 Å². The van der Waals surface area contributed by atoms with Gasteiger partial charge in [-0.2, -0.15) is 5.53 Å². The first-order valence-electron chi connectivity index (χ1n) is 3.12. The molecule has 1 saturated heterocycles. The minimum atomic E-state index is 0.654. The lowest BCUT2D eigenvalue weighted by atomic mass is 10.6. The maximum absolute atomic E-state index is 5.55. The zero-order valence-electron chi connectivity index (χ0n) is 6.12. The summed E-state index contributed by atoms with van der Waals surface area (Å²) >= 11 is 0. The van der Waals surface area contributed by atoms with Crippen LogP contribution in [0.15, 0.2) is 0 Å². The van der Waals surface area contributed by atoms with Crippen LogP contribution in [0.3, 0.4) is 0 Å². The topological polar surface area (TPSA) is 73.8 Å². The second kappa shape index (κ2) is 3.24. The Hall–Kier alpha value is -0.240. The minimum Gasteiger partial charge on any atom is -0.278 e. The molecule has 1 aliphatic rings. The Morgan fingerprint density at radius 3 is 2.50 bits per heavy atom. The Kier molecular flexibility index (Phi) is 2.55. The van der Waals surface area contributed by atoms with Crippen molar-refractivity contribution in [2.24, 2.45) is 11.7 Å². The van der Waals surface area contributed by atoms with Crippen molar-refractivity contribution in [1.82, 2.24) is 20.5 Å². The Balaban J connectivity index is 2.35. The second-order valence-electron chi connectivity index (χ2n) is 2.54. The molecule has 0 radical (unpaired) electrons. The Morgan fingerprint density at radius 1 is 1.30 bits per heavy atom. The van der Waals surface area contributed by atoms with Crippen LogP contribution in [-0.2, 0) is 0 Å². The lowest BCUT2D eigenvalue weighted by Gasteiger charge is -2.37. The number of nitrogens with two attached hydrogens (primary N) is 2. The van der Waals surface area contributed by atoms with Crippen LogP contribution in [0.2, 0.25) is 0 Å². The Bertz CT molecular complexity index is 95.9. The van der Waals surface area contributed by atoms with E-state index in [0.717, 1.165) is 13.3 Å². The van der Waals surface area contributed by atoms with Crippen molar-refractivity contribution in [3.63, 3.8) is 0 Å². The first-order valence-corrected chi connectivity index (χ1v) is 3.12. The van der Waals surface area contributed by atoms with Crippen LogP contribution in [0, 0.1) is 0 Å². The van der Waals surface area contributed by atoms with E-state index in [-0.39, 0.29) is 0 Å². The molecule has 1 aliphatic heterocycles. The summed E-state index contributed by atoms with van der Waals surface area (Å²) in [4.78, 5) is 2.04. The summed E-state index contributed by atoms with van der Waals surface area (Å²) in [6.45, 7) is 2.23. The van der Waals surface area contributed by atoms with E-state index in [0.29, 0.717) is 6.67 Å². The summed E-state index contributed by atoms with van der Waals surface area (Å²) in [7, 11) is 1.98. The molecule has 6 nitrogen and oxygen atoms in total. The maximum atomic E-state index is 5.55. The molecule has 6 heteroatoms. The number of rotatable bonds is 1. The van der Waals surface area contributed by atoms with Gasteiger partial charge in [-0.15, -0.1) is 0 Å². The largest absolute Gasteiger partial charge is 0.278 e. The van der Waals surface area contributed by atoms with Gasteiger partial charge in [0.25, 0.3) is 0 Å². The van der Waals surface area contributed by atoms with Gasteiger partial charge in [0, 0.05) is 0 Å². The molecule has 0 atom stereocenters. The molecule has 0 aromatic rings. The highest BCUT2D eigenvalue weighted by Gasteiger charge is 2.16. The molecular weight excluding hydrogens is 132 g/mol. The van der Waals surface area contributed by atoms with Crippen molar-refractivity contribution in [1.29, 1.82) is 0 Å². The SMILES string of the molecule is CN1CN(N)CN(NN)C1. The van der Waals surface area contributed by atoms with Crippen molar-refractivity contribution in [2.45, 2.75) is 0 Å². The van der Waals surface area contributed by atoms with Gasteiger partial charge in [0.05, 0.1) is 20.0 Å². The van der Waals surface area contributed by atoms with E-state index >= 15 is 0 Å². The van der Waals surface area contributed by atoms with E-state index in [9.17, 15) is 0 Å². The molecular formula is C4H14N6. The van der Waals surface area contributed by atoms with Gasteiger partial charge >= 0.3 is 0 Å². The number of nitrogens with one attached hydrogen (secondary N) is 1. The summed E-state index contributed by atoms with van der Waals surface area (Å²) in [5, 5.41) is 3.48. The van der Waals surface area contributed by atoms with Crippen LogP contribution in [0.5, 0.6) is 0 Å². The van der Waals surface area contributed by atoms with Crippen LogP contribution in [-0.4, -0.2) is 42.0 Å². The fourth-order valence-corrected chi connectivity index (χ4v) is 1.04. The molecule has 10 heavy (non-hydrogen) atoms. The number of hydrogen-bond donors (Lipinski definition) is 3. The van der Waals surface area contributed by atoms with Crippen LogP contribution >= 0.6 is 0 Å². The first kappa shape index (κ1) is 7.86. The predicted molar refractivity (Wildman–Crippen MR) is 37.6 cm³/mol. The molecule has 1 rings (SSSR count). The summed E-state index contributed by atoms with van der Waals surface area (Å²) in [5.74, 6) is 10.7. The molecule has 0 unspecified atom stereocenters. The fourth-order valence-electron chi connectivity index (χ4n) is 1.04. The van der Waals surface area contributed by atoms with Gasteiger partial charge in [0.1, 0.15) is 0 Å². The van der Waals surface area contributed by atoms with E-state index in [1.165, 1.54) is 0 Å². The van der Waals surface area contributed by atoms with Crippen molar-refractivity contribution in [3.05, 3.63) is 0 Å². The zero-order valence-corrected chi connectivity index (χ0v) is 6.12. The van der Waals surface area contributed by atoms with Crippen LogP contribution in [0.4, 0.5) is 0 Å². The molecule has 0 bridgehead atoms. The molecule has 0 amide bonds. The molecule has 0 aromatic carbocycles. The second-order valence-corrected chi connectivity index (χ2v) is 2.54. The molecule has 0 aliphatic carbocycles. The lowest BCUT2D eigenvalue weighted by molar-refractivity contribution is -0.0453. The molecule has 1 heterocycles. The number of hydrazine groups is 3.